The van der Waals surface area contributed by atoms with Crippen LogP contribution < -0.4 is 4.74 Å². The summed E-state index contributed by atoms with van der Waals surface area (Å²) in [6, 6.07) is 3.95. The van der Waals surface area contributed by atoms with Crippen LogP contribution >= 0.6 is 15.9 Å². The predicted octanol–water partition coefficient (Wildman–Crippen LogP) is 3.07. The third-order valence-electron chi connectivity index (χ3n) is 4.07. The van der Waals surface area contributed by atoms with Crippen LogP contribution in [0.5, 0.6) is 5.75 Å². The summed E-state index contributed by atoms with van der Waals surface area (Å²) in [5, 5.41) is 9.32. The standard InChI is InChI=1S/C16H19BrFNO4/c1-10(23-13-5-4-11(18)8-12(13)17)14(20)19-7-3-6-16(2,9-19)15(21)22/h4-5,8,10H,3,6-7,9H2,1-2H3,(H,21,22). The lowest BCUT2D eigenvalue weighted by Crippen LogP contribution is -2.51. The van der Waals surface area contributed by atoms with Crippen molar-refractivity contribution in [3.05, 3.63) is 28.5 Å². The van der Waals surface area contributed by atoms with E-state index in [4.69, 9.17) is 4.74 Å². The molecule has 2 unspecified atom stereocenters. The van der Waals surface area contributed by atoms with Crippen molar-refractivity contribution in [2.75, 3.05) is 13.1 Å². The molecule has 2 atom stereocenters. The number of aliphatic carboxylic acids is 1. The van der Waals surface area contributed by atoms with Gasteiger partial charge >= 0.3 is 5.97 Å². The van der Waals surface area contributed by atoms with Crippen molar-refractivity contribution in [2.45, 2.75) is 32.8 Å². The van der Waals surface area contributed by atoms with Gasteiger partial charge in [0.25, 0.3) is 5.91 Å². The normalized spacial score (nSPS) is 22.5. The maximum absolute atomic E-state index is 13.1. The topological polar surface area (TPSA) is 66.8 Å². The molecule has 0 radical (unpaired) electrons. The van der Waals surface area contributed by atoms with Gasteiger partial charge in [-0.3, -0.25) is 9.59 Å². The smallest absolute Gasteiger partial charge is 0.311 e. The molecule has 1 amide bonds. The second-order valence-electron chi connectivity index (χ2n) is 6.06. The van der Waals surface area contributed by atoms with E-state index in [1.807, 2.05) is 0 Å². The Balaban J connectivity index is 2.06. The van der Waals surface area contributed by atoms with Crippen LogP contribution in [0.2, 0.25) is 0 Å². The number of likely N-dealkylation sites (tertiary alicyclic amines) is 1. The number of halogens is 2. The van der Waals surface area contributed by atoms with Gasteiger partial charge in [-0.2, -0.15) is 0 Å². The van der Waals surface area contributed by atoms with Crippen LogP contribution in [0, 0.1) is 11.2 Å². The molecule has 7 heteroatoms. The third-order valence-corrected chi connectivity index (χ3v) is 4.69. The van der Waals surface area contributed by atoms with Gasteiger partial charge in [0.15, 0.2) is 6.10 Å². The first-order chi connectivity index (χ1) is 10.7. The lowest BCUT2D eigenvalue weighted by atomic mass is 9.82. The molecule has 1 saturated heterocycles. The van der Waals surface area contributed by atoms with Gasteiger partial charge in [0.1, 0.15) is 11.6 Å². The molecule has 1 heterocycles. The van der Waals surface area contributed by atoms with E-state index in [0.717, 1.165) is 0 Å². The number of piperidine rings is 1. The third kappa shape index (κ3) is 4.02. The van der Waals surface area contributed by atoms with Crippen molar-refractivity contribution >= 4 is 27.8 Å². The molecule has 0 aromatic heterocycles. The number of rotatable bonds is 4. The zero-order chi connectivity index (χ0) is 17.2. The number of hydrogen-bond donors (Lipinski definition) is 1. The summed E-state index contributed by atoms with van der Waals surface area (Å²) in [6.45, 7) is 3.93. The fraction of sp³-hybridized carbons (Fsp3) is 0.500. The van der Waals surface area contributed by atoms with Gasteiger partial charge in [-0.15, -0.1) is 0 Å². The summed E-state index contributed by atoms with van der Waals surface area (Å²) < 4.78 is 19.1. The van der Waals surface area contributed by atoms with E-state index in [-0.39, 0.29) is 12.5 Å². The Labute approximate surface area is 142 Å². The quantitative estimate of drug-likeness (QED) is 0.861. The van der Waals surface area contributed by atoms with Gasteiger partial charge in [-0.25, -0.2) is 4.39 Å². The monoisotopic (exact) mass is 387 g/mol. The summed E-state index contributed by atoms with van der Waals surface area (Å²) in [7, 11) is 0. The van der Waals surface area contributed by atoms with E-state index in [1.165, 1.54) is 23.1 Å². The van der Waals surface area contributed by atoms with E-state index in [0.29, 0.717) is 29.6 Å². The van der Waals surface area contributed by atoms with E-state index in [9.17, 15) is 19.1 Å². The zero-order valence-corrected chi connectivity index (χ0v) is 14.6. The van der Waals surface area contributed by atoms with Crippen molar-refractivity contribution in [3.63, 3.8) is 0 Å². The molecule has 0 aliphatic carbocycles. The zero-order valence-electron chi connectivity index (χ0n) is 13.0. The first-order valence-electron chi connectivity index (χ1n) is 7.37. The van der Waals surface area contributed by atoms with Crippen molar-refractivity contribution in [1.29, 1.82) is 0 Å². The van der Waals surface area contributed by atoms with Crippen molar-refractivity contribution in [3.8, 4) is 5.75 Å². The number of nitrogens with zero attached hydrogens (tertiary/aromatic N) is 1. The highest BCUT2D eigenvalue weighted by Gasteiger charge is 2.40. The lowest BCUT2D eigenvalue weighted by Gasteiger charge is -2.38. The minimum atomic E-state index is -0.926. The van der Waals surface area contributed by atoms with Crippen LogP contribution in [-0.2, 0) is 9.59 Å². The molecule has 0 spiro atoms. The number of amides is 1. The maximum atomic E-state index is 13.1. The molecule has 1 aliphatic heterocycles. The molecule has 5 nitrogen and oxygen atoms in total. The van der Waals surface area contributed by atoms with E-state index >= 15 is 0 Å². The Morgan fingerprint density at radius 2 is 2.17 bits per heavy atom. The van der Waals surface area contributed by atoms with E-state index in [1.54, 1.807) is 13.8 Å². The first kappa shape index (κ1) is 17.7. The Morgan fingerprint density at radius 1 is 1.48 bits per heavy atom. The van der Waals surface area contributed by atoms with Crippen LogP contribution in [0.3, 0.4) is 0 Å². The number of carboxylic acids is 1. The Bertz CT molecular complexity index is 624. The Kier molecular flexibility index (Phi) is 5.29. The average Bonchev–Trinajstić information content (AvgIpc) is 2.49. The SMILES string of the molecule is CC(Oc1ccc(F)cc1Br)C(=O)N1CCCC(C)(C(=O)O)C1. The second kappa shape index (κ2) is 6.86. The highest BCUT2D eigenvalue weighted by molar-refractivity contribution is 9.10. The van der Waals surface area contributed by atoms with Gasteiger partial charge in [-0.05, 0) is 60.8 Å². The molecule has 2 rings (SSSR count). The summed E-state index contributed by atoms with van der Waals surface area (Å²) in [5.74, 6) is -1.21. The Hall–Kier alpha value is -1.63. The number of ether oxygens (including phenoxy) is 1. The summed E-state index contributed by atoms with van der Waals surface area (Å²) in [5.41, 5.74) is -0.926. The average molecular weight is 388 g/mol. The molecule has 1 N–H and O–H groups in total. The predicted molar refractivity (Wildman–Crippen MR) is 85.7 cm³/mol. The van der Waals surface area contributed by atoms with Gasteiger partial charge in [0.2, 0.25) is 0 Å². The maximum Gasteiger partial charge on any atom is 0.311 e. The van der Waals surface area contributed by atoms with Gasteiger partial charge < -0.3 is 14.7 Å². The molecule has 1 aliphatic rings. The fourth-order valence-electron chi connectivity index (χ4n) is 2.67. The largest absolute Gasteiger partial charge is 0.481 e. The fourth-order valence-corrected chi connectivity index (χ4v) is 3.12. The molecule has 1 aromatic rings. The summed E-state index contributed by atoms with van der Waals surface area (Å²) in [4.78, 5) is 25.4. The lowest BCUT2D eigenvalue weighted by molar-refractivity contribution is -0.155. The van der Waals surface area contributed by atoms with Crippen molar-refractivity contribution < 1.29 is 23.8 Å². The van der Waals surface area contributed by atoms with Crippen LogP contribution in [0.25, 0.3) is 0 Å². The summed E-state index contributed by atoms with van der Waals surface area (Å²) >= 11 is 3.19. The van der Waals surface area contributed by atoms with Crippen LogP contribution in [0.15, 0.2) is 22.7 Å². The number of carboxylic acid groups (broad SMARTS) is 1. The van der Waals surface area contributed by atoms with Crippen LogP contribution in [0.1, 0.15) is 26.7 Å². The highest BCUT2D eigenvalue weighted by Crippen LogP contribution is 2.31. The van der Waals surface area contributed by atoms with Crippen molar-refractivity contribution in [1.82, 2.24) is 4.90 Å². The number of carbonyl (C=O) groups is 2. The molecular formula is C16H19BrFNO4. The van der Waals surface area contributed by atoms with Gasteiger partial charge in [0, 0.05) is 13.1 Å². The number of hydrogen-bond acceptors (Lipinski definition) is 3. The van der Waals surface area contributed by atoms with Gasteiger partial charge in [-0.1, -0.05) is 0 Å². The molecular weight excluding hydrogens is 369 g/mol. The van der Waals surface area contributed by atoms with Crippen molar-refractivity contribution in [2.24, 2.45) is 5.41 Å². The highest BCUT2D eigenvalue weighted by atomic mass is 79.9. The van der Waals surface area contributed by atoms with Crippen LogP contribution in [-0.4, -0.2) is 41.1 Å². The number of carbonyl (C=O) groups excluding carboxylic acids is 1. The molecule has 1 aromatic carbocycles. The Morgan fingerprint density at radius 3 is 2.78 bits per heavy atom. The van der Waals surface area contributed by atoms with E-state index in [2.05, 4.69) is 15.9 Å². The second-order valence-corrected chi connectivity index (χ2v) is 6.92. The molecule has 0 saturated carbocycles. The minimum Gasteiger partial charge on any atom is -0.481 e. The molecule has 126 valence electrons. The summed E-state index contributed by atoms with van der Waals surface area (Å²) in [6.07, 6.45) is 0.403. The minimum absolute atomic E-state index is 0.166. The number of benzene rings is 1. The first-order valence-corrected chi connectivity index (χ1v) is 8.16. The molecule has 23 heavy (non-hydrogen) atoms. The molecule has 1 fully saturated rings. The van der Waals surface area contributed by atoms with E-state index < -0.39 is 23.3 Å². The molecule has 0 bridgehead atoms. The van der Waals surface area contributed by atoms with Gasteiger partial charge in [0.05, 0.1) is 9.89 Å². The van der Waals surface area contributed by atoms with Crippen LogP contribution in [0.4, 0.5) is 4.39 Å².